The Morgan fingerprint density at radius 3 is 2.76 bits per heavy atom. The lowest BCUT2D eigenvalue weighted by Gasteiger charge is -2.21. The van der Waals surface area contributed by atoms with E-state index < -0.39 is 17.9 Å². The second-order valence-corrected chi connectivity index (χ2v) is 9.33. The number of aliphatic hydroxyl groups excluding tert-OH is 1. The lowest BCUT2D eigenvalue weighted by molar-refractivity contribution is 0.125. The second-order valence-electron chi connectivity index (χ2n) is 7.31. The number of fused-ring (bicyclic) bond motifs is 3. The molecule has 3 aromatic rings. The Balaban J connectivity index is 1.53. The number of benzene rings is 1. The summed E-state index contributed by atoms with van der Waals surface area (Å²) in [6.07, 6.45) is 4.07. The third-order valence-electron chi connectivity index (χ3n) is 5.21. The molecule has 1 aliphatic rings. The fourth-order valence-electron chi connectivity index (χ4n) is 3.80. The van der Waals surface area contributed by atoms with E-state index in [1.807, 2.05) is 23.9 Å². The van der Waals surface area contributed by atoms with Gasteiger partial charge in [-0.05, 0) is 65.4 Å². The zero-order valence-corrected chi connectivity index (χ0v) is 18.4. The molecule has 1 aliphatic heterocycles. The van der Waals surface area contributed by atoms with Crippen molar-refractivity contribution in [1.82, 2.24) is 15.1 Å². The van der Waals surface area contributed by atoms with Crippen LogP contribution in [-0.4, -0.2) is 20.9 Å². The molecule has 0 spiro atoms. The fraction of sp³-hybridized carbons (Fsp3) is 0.381. The number of hydrogen-bond acceptors (Lipinski definition) is 4. The van der Waals surface area contributed by atoms with Crippen molar-refractivity contribution in [3.63, 3.8) is 0 Å². The zero-order chi connectivity index (χ0) is 20.5. The molecule has 8 heteroatoms. The first-order valence-corrected chi connectivity index (χ1v) is 11.3. The molecule has 0 fully saturated rings. The van der Waals surface area contributed by atoms with Gasteiger partial charge in [0.1, 0.15) is 17.9 Å². The molecule has 0 saturated carbocycles. The Morgan fingerprint density at radius 1 is 1.28 bits per heavy atom. The predicted octanol–water partition coefficient (Wildman–Crippen LogP) is 5.20. The Bertz CT molecular complexity index is 999. The van der Waals surface area contributed by atoms with Gasteiger partial charge in [-0.15, -0.1) is 11.3 Å². The summed E-state index contributed by atoms with van der Waals surface area (Å²) in [5, 5.41) is 18.5. The summed E-state index contributed by atoms with van der Waals surface area (Å²) in [6, 6.07) is 5.47. The normalized spacial score (nSPS) is 15.5. The van der Waals surface area contributed by atoms with Crippen LogP contribution in [0.1, 0.15) is 41.3 Å². The van der Waals surface area contributed by atoms with E-state index >= 15 is 0 Å². The Morgan fingerprint density at radius 2 is 2.03 bits per heavy atom. The molecule has 0 radical (unpaired) electrons. The molecule has 2 aromatic heterocycles. The minimum Gasteiger partial charge on any atom is -0.373 e. The number of nitrogens with zero attached hydrogens (tertiary/aromatic N) is 2. The predicted molar refractivity (Wildman–Crippen MR) is 114 cm³/mol. The summed E-state index contributed by atoms with van der Waals surface area (Å²) in [5.41, 5.74) is 2.73. The summed E-state index contributed by atoms with van der Waals surface area (Å²) in [7, 11) is 0. The van der Waals surface area contributed by atoms with Crippen LogP contribution in [0.4, 0.5) is 8.78 Å². The smallest absolute Gasteiger partial charge is 0.140 e. The maximum absolute atomic E-state index is 13.5. The van der Waals surface area contributed by atoms with Gasteiger partial charge in [-0.2, -0.15) is 5.10 Å². The van der Waals surface area contributed by atoms with Crippen molar-refractivity contribution in [3.05, 3.63) is 61.9 Å². The first kappa shape index (κ1) is 20.7. The highest BCUT2D eigenvalue weighted by molar-refractivity contribution is 9.10. The van der Waals surface area contributed by atoms with Crippen LogP contribution in [0, 0.1) is 11.6 Å². The topological polar surface area (TPSA) is 50.1 Å². The molecule has 29 heavy (non-hydrogen) atoms. The molecular weight excluding hydrogens is 460 g/mol. The molecule has 2 atom stereocenters. The first-order valence-electron chi connectivity index (χ1n) is 9.68. The monoisotopic (exact) mass is 481 g/mol. The van der Waals surface area contributed by atoms with Crippen molar-refractivity contribution in [2.24, 2.45) is 0 Å². The largest absolute Gasteiger partial charge is 0.373 e. The van der Waals surface area contributed by atoms with Crippen LogP contribution in [0.5, 0.6) is 0 Å². The van der Waals surface area contributed by atoms with Gasteiger partial charge >= 0.3 is 0 Å². The summed E-state index contributed by atoms with van der Waals surface area (Å²) in [4.78, 5) is 2.07. The highest BCUT2D eigenvalue weighted by atomic mass is 79.9. The number of nitrogens with one attached hydrogen (secondary N) is 1. The van der Waals surface area contributed by atoms with Crippen LogP contribution in [0.3, 0.4) is 0 Å². The standard InChI is InChI=1S/C21H22BrF2N3OS/c1-2-15(8-12-6-13(23)9-14(24)7-12)26-21(28)19-10-16-18(29-19)4-3-5-27-20(16)17(22)11-25-27/h6-7,9-11,15,21,26,28H,2-5,8H2,1H3/t15-,21?/m1/s1. The van der Waals surface area contributed by atoms with Gasteiger partial charge in [-0.3, -0.25) is 10.00 Å². The van der Waals surface area contributed by atoms with Crippen LogP contribution in [-0.2, 0) is 19.4 Å². The SMILES string of the molecule is CC[C@H](Cc1cc(F)cc(F)c1)NC(O)c1cc2c(s1)CCCn1ncc(Br)c1-2. The van der Waals surface area contributed by atoms with Gasteiger partial charge in [-0.25, -0.2) is 8.78 Å². The Labute approximate surface area is 180 Å². The summed E-state index contributed by atoms with van der Waals surface area (Å²) in [5.74, 6) is -1.17. The van der Waals surface area contributed by atoms with Crippen molar-refractivity contribution in [2.75, 3.05) is 0 Å². The fourth-order valence-corrected chi connectivity index (χ4v) is 5.46. The second kappa shape index (κ2) is 8.63. The number of halogens is 3. The van der Waals surface area contributed by atoms with Crippen molar-refractivity contribution in [3.8, 4) is 11.3 Å². The summed E-state index contributed by atoms with van der Waals surface area (Å²) < 4.78 is 29.9. The molecule has 2 N–H and O–H groups in total. The maximum atomic E-state index is 13.5. The van der Waals surface area contributed by atoms with Gasteiger partial charge < -0.3 is 5.11 Å². The van der Waals surface area contributed by atoms with Crippen LogP contribution in [0.2, 0.25) is 0 Å². The lowest BCUT2D eigenvalue weighted by Crippen LogP contribution is -2.33. The quantitative estimate of drug-likeness (QED) is 0.475. The lowest BCUT2D eigenvalue weighted by atomic mass is 10.0. The molecule has 0 bridgehead atoms. The molecule has 0 saturated heterocycles. The number of aliphatic hydroxyl groups is 1. The van der Waals surface area contributed by atoms with Crippen molar-refractivity contribution < 1.29 is 13.9 Å². The highest BCUT2D eigenvalue weighted by Gasteiger charge is 2.24. The van der Waals surface area contributed by atoms with Crippen molar-refractivity contribution in [1.29, 1.82) is 0 Å². The third-order valence-corrected chi connectivity index (χ3v) is 7.04. The maximum Gasteiger partial charge on any atom is 0.140 e. The molecule has 1 aromatic carbocycles. The van der Waals surface area contributed by atoms with Gasteiger partial charge in [0.15, 0.2) is 0 Å². The van der Waals surface area contributed by atoms with E-state index in [-0.39, 0.29) is 6.04 Å². The van der Waals surface area contributed by atoms with Crippen LogP contribution < -0.4 is 5.32 Å². The number of aryl methyl sites for hydroxylation is 2. The average molecular weight is 482 g/mol. The molecule has 0 aliphatic carbocycles. The first-order chi connectivity index (χ1) is 13.9. The van der Waals surface area contributed by atoms with E-state index in [4.69, 9.17) is 0 Å². The Hall–Kier alpha value is -1.61. The van der Waals surface area contributed by atoms with Crippen LogP contribution in [0.15, 0.2) is 34.9 Å². The third kappa shape index (κ3) is 4.45. The van der Waals surface area contributed by atoms with Crippen LogP contribution in [0.25, 0.3) is 11.3 Å². The van der Waals surface area contributed by atoms with Gasteiger partial charge in [0, 0.05) is 34.0 Å². The summed E-state index contributed by atoms with van der Waals surface area (Å²) in [6.45, 7) is 2.86. The molecular formula is C21H22BrF2N3OS. The zero-order valence-electron chi connectivity index (χ0n) is 16.0. The van der Waals surface area contributed by atoms with E-state index in [1.54, 1.807) is 11.3 Å². The molecule has 4 nitrogen and oxygen atoms in total. The van der Waals surface area contributed by atoms with E-state index in [0.717, 1.165) is 52.5 Å². The molecule has 154 valence electrons. The van der Waals surface area contributed by atoms with Gasteiger partial charge in [-0.1, -0.05) is 6.92 Å². The van der Waals surface area contributed by atoms with Crippen molar-refractivity contribution in [2.45, 2.75) is 51.4 Å². The van der Waals surface area contributed by atoms with Crippen LogP contribution >= 0.6 is 27.3 Å². The number of thiophene rings is 1. The highest BCUT2D eigenvalue weighted by Crippen LogP contribution is 2.40. The molecule has 3 heterocycles. The molecule has 4 rings (SSSR count). The molecule has 1 unspecified atom stereocenters. The van der Waals surface area contributed by atoms with E-state index in [0.29, 0.717) is 12.0 Å². The van der Waals surface area contributed by atoms with Crippen molar-refractivity contribution >= 4 is 27.3 Å². The van der Waals surface area contributed by atoms with E-state index in [2.05, 4.69) is 26.3 Å². The minimum absolute atomic E-state index is 0.106. The Kier molecular flexibility index (Phi) is 6.15. The van der Waals surface area contributed by atoms with Gasteiger partial charge in [0.05, 0.1) is 16.4 Å². The van der Waals surface area contributed by atoms with E-state index in [9.17, 15) is 13.9 Å². The van der Waals surface area contributed by atoms with Gasteiger partial charge in [0.2, 0.25) is 0 Å². The number of rotatable bonds is 6. The average Bonchev–Trinajstić information content (AvgIpc) is 3.19. The number of hydrogen-bond donors (Lipinski definition) is 2. The molecule has 0 amide bonds. The van der Waals surface area contributed by atoms with Gasteiger partial charge in [0.25, 0.3) is 0 Å². The summed E-state index contributed by atoms with van der Waals surface area (Å²) >= 11 is 5.19. The minimum atomic E-state index is -0.842. The van der Waals surface area contributed by atoms with E-state index in [1.165, 1.54) is 17.0 Å². The number of aromatic nitrogens is 2.